The predicted octanol–water partition coefficient (Wildman–Crippen LogP) is 3.67. The van der Waals surface area contributed by atoms with Gasteiger partial charge in [-0.1, -0.05) is 12.1 Å². The zero-order chi connectivity index (χ0) is 21.0. The quantitative estimate of drug-likeness (QED) is 0.672. The lowest BCUT2D eigenvalue weighted by atomic mass is 10.1. The number of thiocarbonyl (C=S) groups is 1. The van der Waals surface area contributed by atoms with Crippen LogP contribution in [0.2, 0.25) is 0 Å². The molecule has 29 heavy (non-hydrogen) atoms. The van der Waals surface area contributed by atoms with Crippen molar-refractivity contribution in [2.24, 2.45) is 0 Å². The third kappa shape index (κ3) is 5.04. The lowest BCUT2D eigenvalue weighted by Gasteiger charge is -2.20. The molecule has 3 rings (SSSR count). The fourth-order valence-electron chi connectivity index (χ4n) is 3.21. The third-order valence-electron chi connectivity index (χ3n) is 4.84. The summed E-state index contributed by atoms with van der Waals surface area (Å²) in [7, 11) is -2.05. The summed E-state index contributed by atoms with van der Waals surface area (Å²) in [5, 5.41) is 6.43. The molecule has 2 N–H and O–H groups in total. The monoisotopic (exact) mass is 437 g/mol. The second-order valence-corrected chi connectivity index (χ2v) is 9.19. The van der Waals surface area contributed by atoms with Gasteiger partial charge in [0, 0.05) is 13.1 Å². The Balaban J connectivity index is 1.76. The number of anilines is 1. The molecule has 0 saturated carbocycles. The highest BCUT2D eigenvalue weighted by molar-refractivity contribution is 7.89. The van der Waals surface area contributed by atoms with Gasteiger partial charge in [0.2, 0.25) is 10.0 Å². The molecule has 0 aliphatic carbocycles. The molecule has 0 spiro atoms. The molecule has 0 radical (unpaired) electrons. The van der Waals surface area contributed by atoms with Crippen molar-refractivity contribution in [3.8, 4) is 5.75 Å². The number of sulfonamides is 1. The van der Waals surface area contributed by atoms with Crippen LogP contribution in [0, 0.1) is 5.82 Å². The summed E-state index contributed by atoms with van der Waals surface area (Å²) in [6.45, 7) is 2.96. The van der Waals surface area contributed by atoms with Crippen molar-refractivity contribution in [2.75, 3.05) is 25.5 Å². The molecule has 1 aliphatic heterocycles. The number of hydrogen-bond acceptors (Lipinski definition) is 4. The molecule has 6 nitrogen and oxygen atoms in total. The summed E-state index contributed by atoms with van der Waals surface area (Å²) in [6, 6.07) is 10.6. The number of benzene rings is 2. The van der Waals surface area contributed by atoms with E-state index >= 15 is 0 Å². The summed E-state index contributed by atoms with van der Waals surface area (Å²) in [4.78, 5) is 0.192. The Labute approximate surface area is 176 Å². The molecule has 2 aromatic rings. The molecule has 1 heterocycles. The molecule has 1 unspecified atom stereocenters. The number of methoxy groups -OCH3 is 1. The van der Waals surface area contributed by atoms with E-state index in [1.807, 2.05) is 6.92 Å². The second-order valence-electron chi connectivity index (χ2n) is 6.84. The van der Waals surface area contributed by atoms with Crippen LogP contribution in [0.15, 0.2) is 47.4 Å². The number of ether oxygens (including phenoxy) is 1. The van der Waals surface area contributed by atoms with Gasteiger partial charge >= 0.3 is 0 Å². The van der Waals surface area contributed by atoms with Gasteiger partial charge in [0.1, 0.15) is 11.6 Å². The number of nitrogens with zero attached hydrogens (tertiary/aromatic N) is 1. The van der Waals surface area contributed by atoms with Crippen LogP contribution in [0.3, 0.4) is 0 Å². The third-order valence-corrected chi connectivity index (χ3v) is 6.95. The Morgan fingerprint density at radius 3 is 2.45 bits per heavy atom. The highest BCUT2D eigenvalue weighted by Gasteiger charge is 2.28. The maximum Gasteiger partial charge on any atom is 0.243 e. The van der Waals surface area contributed by atoms with Crippen molar-refractivity contribution in [2.45, 2.75) is 30.7 Å². The Bertz CT molecular complexity index is 975. The van der Waals surface area contributed by atoms with Crippen molar-refractivity contribution >= 4 is 33.0 Å². The van der Waals surface area contributed by atoms with Crippen molar-refractivity contribution < 1.29 is 17.5 Å². The van der Waals surface area contributed by atoms with Crippen LogP contribution in [0.5, 0.6) is 5.75 Å². The first-order chi connectivity index (χ1) is 13.8. The van der Waals surface area contributed by atoms with Gasteiger partial charge < -0.3 is 15.4 Å². The average Bonchev–Trinajstić information content (AvgIpc) is 3.24. The van der Waals surface area contributed by atoms with E-state index in [9.17, 15) is 12.8 Å². The summed E-state index contributed by atoms with van der Waals surface area (Å²) in [6.07, 6.45) is 1.74. The molecule has 2 aromatic carbocycles. The van der Waals surface area contributed by atoms with E-state index in [1.165, 1.54) is 35.7 Å². The minimum atomic E-state index is -3.55. The Hall–Kier alpha value is -2.23. The number of nitrogens with one attached hydrogen (secondary N) is 2. The van der Waals surface area contributed by atoms with Crippen LogP contribution in [-0.4, -0.2) is 38.0 Å². The zero-order valence-corrected chi connectivity index (χ0v) is 17.9. The molecule has 0 aromatic heterocycles. The summed E-state index contributed by atoms with van der Waals surface area (Å²) in [5.74, 6) is 0.173. The van der Waals surface area contributed by atoms with Gasteiger partial charge in [-0.3, -0.25) is 0 Å². The minimum absolute atomic E-state index is 0.168. The molecular formula is C20H24FN3O3S2. The minimum Gasteiger partial charge on any atom is -0.495 e. The molecule has 9 heteroatoms. The maximum atomic E-state index is 13.1. The van der Waals surface area contributed by atoms with Gasteiger partial charge in [-0.25, -0.2) is 12.8 Å². The van der Waals surface area contributed by atoms with Crippen LogP contribution < -0.4 is 15.4 Å². The SMILES string of the molecule is COc1ccc(S(=O)(=O)N2CCCC2)cc1NC(=S)NC(C)c1ccc(F)cc1. The van der Waals surface area contributed by atoms with E-state index in [1.54, 1.807) is 18.2 Å². The molecular weight excluding hydrogens is 413 g/mol. The van der Waals surface area contributed by atoms with Gasteiger partial charge in [0.25, 0.3) is 0 Å². The first-order valence-electron chi connectivity index (χ1n) is 9.32. The highest BCUT2D eigenvalue weighted by atomic mass is 32.2. The second kappa shape index (κ2) is 9.06. The molecule has 0 bridgehead atoms. The summed E-state index contributed by atoms with van der Waals surface area (Å²) in [5.41, 5.74) is 1.32. The molecule has 156 valence electrons. The fraction of sp³-hybridized carbons (Fsp3) is 0.350. The van der Waals surface area contributed by atoms with Crippen molar-refractivity contribution in [3.63, 3.8) is 0 Å². The smallest absolute Gasteiger partial charge is 0.243 e. The lowest BCUT2D eigenvalue weighted by molar-refractivity contribution is 0.416. The molecule has 1 aliphatic rings. The van der Waals surface area contributed by atoms with E-state index < -0.39 is 10.0 Å². The predicted molar refractivity (Wildman–Crippen MR) is 115 cm³/mol. The normalized spacial score (nSPS) is 15.7. The van der Waals surface area contributed by atoms with E-state index in [2.05, 4.69) is 10.6 Å². The Kier molecular flexibility index (Phi) is 6.71. The number of rotatable bonds is 6. The maximum absolute atomic E-state index is 13.1. The van der Waals surface area contributed by atoms with E-state index in [0.29, 0.717) is 29.6 Å². The first kappa shape index (κ1) is 21.5. The number of hydrogen-bond donors (Lipinski definition) is 2. The molecule has 1 fully saturated rings. The van der Waals surface area contributed by atoms with Gasteiger partial charge in [0.15, 0.2) is 5.11 Å². The molecule has 1 saturated heterocycles. The van der Waals surface area contributed by atoms with Crippen LogP contribution >= 0.6 is 12.2 Å². The van der Waals surface area contributed by atoms with Crippen LogP contribution in [-0.2, 0) is 10.0 Å². The van der Waals surface area contributed by atoms with Crippen LogP contribution in [0.4, 0.5) is 10.1 Å². The van der Waals surface area contributed by atoms with Crippen LogP contribution in [0.25, 0.3) is 0 Å². The summed E-state index contributed by atoms with van der Waals surface area (Å²) < 4.78 is 45.6. The van der Waals surface area contributed by atoms with Gasteiger partial charge in [-0.2, -0.15) is 4.31 Å². The average molecular weight is 438 g/mol. The Morgan fingerprint density at radius 2 is 1.83 bits per heavy atom. The first-order valence-corrected chi connectivity index (χ1v) is 11.2. The highest BCUT2D eigenvalue weighted by Crippen LogP contribution is 2.30. The van der Waals surface area contributed by atoms with E-state index in [0.717, 1.165) is 18.4 Å². The zero-order valence-electron chi connectivity index (χ0n) is 16.3. The van der Waals surface area contributed by atoms with Crippen molar-refractivity contribution in [1.82, 2.24) is 9.62 Å². The largest absolute Gasteiger partial charge is 0.495 e. The Morgan fingerprint density at radius 1 is 1.17 bits per heavy atom. The van der Waals surface area contributed by atoms with Crippen molar-refractivity contribution in [3.05, 3.63) is 53.8 Å². The summed E-state index contributed by atoms with van der Waals surface area (Å²) >= 11 is 5.38. The van der Waals surface area contributed by atoms with Gasteiger partial charge in [-0.05, 0) is 67.9 Å². The van der Waals surface area contributed by atoms with Crippen LogP contribution in [0.1, 0.15) is 31.4 Å². The van der Waals surface area contributed by atoms with E-state index in [4.69, 9.17) is 17.0 Å². The van der Waals surface area contributed by atoms with Gasteiger partial charge in [-0.15, -0.1) is 0 Å². The van der Waals surface area contributed by atoms with Crippen molar-refractivity contribution in [1.29, 1.82) is 0 Å². The van der Waals surface area contributed by atoms with Gasteiger partial charge in [0.05, 0.1) is 23.7 Å². The standard InChI is InChI=1S/C20H24FN3O3S2/c1-14(15-5-7-16(21)8-6-15)22-20(28)23-18-13-17(9-10-19(18)27-2)29(25,26)24-11-3-4-12-24/h5-10,13-14H,3-4,11-12H2,1-2H3,(H2,22,23,28). The fourth-order valence-corrected chi connectivity index (χ4v) is 5.04. The molecule has 1 atom stereocenters. The van der Waals surface area contributed by atoms with E-state index in [-0.39, 0.29) is 16.8 Å². The topological polar surface area (TPSA) is 70.7 Å². The number of halogens is 1. The molecule has 0 amide bonds. The lowest BCUT2D eigenvalue weighted by Crippen LogP contribution is -2.31.